The Hall–Kier alpha value is -1.88. The van der Waals surface area contributed by atoms with Gasteiger partial charge in [0.05, 0.1) is 11.0 Å². The molecule has 0 aliphatic carbocycles. The standard InChI is InChI=1S/C11H13N3O2/c15-5-1-2-11-13-9-4-3-8(12-7-16)6-10(9)14-11/h3-4,6-7,15H,1-2,5H2,(H,12,16)(H,13,14). The maximum atomic E-state index is 10.3. The number of imidazole rings is 1. The fraction of sp³-hybridized carbons (Fsp3) is 0.273. The topological polar surface area (TPSA) is 78.0 Å². The van der Waals surface area contributed by atoms with Gasteiger partial charge in [-0.15, -0.1) is 0 Å². The Labute approximate surface area is 92.5 Å². The highest BCUT2D eigenvalue weighted by atomic mass is 16.2. The summed E-state index contributed by atoms with van der Waals surface area (Å²) in [6.07, 6.45) is 2.06. The van der Waals surface area contributed by atoms with Crippen molar-refractivity contribution in [1.29, 1.82) is 0 Å². The van der Waals surface area contributed by atoms with Crippen molar-refractivity contribution in [3.8, 4) is 0 Å². The third-order valence-corrected chi connectivity index (χ3v) is 2.33. The van der Waals surface area contributed by atoms with Gasteiger partial charge in [-0.25, -0.2) is 4.98 Å². The smallest absolute Gasteiger partial charge is 0.211 e. The van der Waals surface area contributed by atoms with Crippen molar-refractivity contribution in [2.75, 3.05) is 11.9 Å². The van der Waals surface area contributed by atoms with Gasteiger partial charge in [-0.2, -0.15) is 0 Å². The number of nitrogens with one attached hydrogen (secondary N) is 2. The Bertz CT molecular complexity index is 493. The summed E-state index contributed by atoms with van der Waals surface area (Å²) in [6.45, 7) is 0.162. The predicted molar refractivity (Wildman–Crippen MR) is 61.2 cm³/mol. The fourth-order valence-electron chi connectivity index (χ4n) is 1.59. The molecule has 84 valence electrons. The van der Waals surface area contributed by atoms with Crippen LogP contribution in [0.3, 0.4) is 0 Å². The van der Waals surface area contributed by atoms with Crippen molar-refractivity contribution >= 4 is 23.1 Å². The Balaban J connectivity index is 2.26. The minimum atomic E-state index is 0.162. The average Bonchev–Trinajstić information content (AvgIpc) is 2.68. The average molecular weight is 219 g/mol. The molecule has 5 nitrogen and oxygen atoms in total. The molecule has 0 spiro atoms. The molecule has 0 saturated heterocycles. The van der Waals surface area contributed by atoms with Gasteiger partial charge in [0.25, 0.3) is 0 Å². The van der Waals surface area contributed by atoms with E-state index in [1.54, 1.807) is 6.07 Å². The van der Waals surface area contributed by atoms with Crippen LogP contribution >= 0.6 is 0 Å². The third kappa shape index (κ3) is 2.20. The molecule has 1 aromatic carbocycles. The molecule has 0 saturated carbocycles. The van der Waals surface area contributed by atoms with Gasteiger partial charge in [0.15, 0.2) is 0 Å². The maximum absolute atomic E-state index is 10.3. The monoisotopic (exact) mass is 219 g/mol. The molecule has 1 aromatic heterocycles. The van der Waals surface area contributed by atoms with Crippen LogP contribution in [-0.4, -0.2) is 28.1 Å². The lowest BCUT2D eigenvalue weighted by Crippen LogP contribution is -1.92. The summed E-state index contributed by atoms with van der Waals surface area (Å²) in [4.78, 5) is 17.8. The van der Waals surface area contributed by atoms with Crippen molar-refractivity contribution in [1.82, 2.24) is 9.97 Å². The SMILES string of the molecule is O=CNc1ccc2nc(CCCO)[nH]c2c1. The first-order valence-corrected chi connectivity index (χ1v) is 5.13. The summed E-state index contributed by atoms with van der Waals surface area (Å²) in [6, 6.07) is 5.48. The van der Waals surface area contributed by atoms with E-state index in [-0.39, 0.29) is 6.61 Å². The van der Waals surface area contributed by atoms with Crippen LogP contribution in [0.15, 0.2) is 18.2 Å². The van der Waals surface area contributed by atoms with E-state index in [9.17, 15) is 4.79 Å². The molecular weight excluding hydrogens is 206 g/mol. The van der Waals surface area contributed by atoms with E-state index in [0.717, 1.165) is 29.0 Å². The van der Waals surface area contributed by atoms with E-state index in [1.165, 1.54) is 0 Å². The first-order valence-electron chi connectivity index (χ1n) is 5.13. The number of hydrogen-bond acceptors (Lipinski definition) is 3. The Morgan fingerprint density at radius 2 is 2.38 bits per heavy atom. The zero-order valence-corrected chi connectivity index (χ0v) is 8.73. The largest absolute Gasteiger partial charge is 0.396 e. The number of amides is 1. The number of anilines is 1. The molecule has 5 heteroatoms. The first kappa shape index (κ1) is 10.6. The summed E-state index contributed by atoms with van der Waals surface area (Å²) in [7, 11) is 0. The molecule has 0 aliphatic rings. The van der Waals surface area contributed by atoms with Gasteiger partial charge in [-0.1, -0.05) is 0 Å². The number of aliphatic hydroxyl groups excluding tert-OH is 1. The number of H-pyrrole nitrogens is 1. The highest BCUT2D eigenvalue weighted by molar-refractivity contribution is 5.83. The van der Waals surface area contributed by atoms with Gasteiger partial charge in [-0.05, 0) is 24.6 Å². The molecule has 0 atom stereocenters. The molecule has 0 radical (unpaired) electrons. The highest BCUT2D eigenvalue weighted by Gasteiger charge is 2.03. The van der Waals surface area contributed by atoms with E-state index in [0.29, 0.717) is 12.8 Å². The number of hydrogen-bond donors (Lipinski definition) is 3. The number of rotatable bonds is 5. The lowest BCUT2D eigenvalue weighted by molar-refractivity contribution is -0.105. The molecule has 16 heavy (non-hydrogen) atoms. The Morgan fingerprint density at radius 3 is 3.12 bits per heavy atom. The van der Waals surface area contributed by atoms with Crippen molar-refractivity contribution in [2.24, 2.45) is 0 Å². The molecule has 2 rings (SSSR count). The number of fused-ring (bicyclic) bond motifs is 1. The van der Waals surface area contributed by atoms with Crippen LogP contribution in [0.5, 0.6) is 0 Å². The van der Waals surface area contributed by atoms with E-state index in [1.807, 2.05) is 12.1 Å². The van der Waals surface area contributed by atoms with Gasteiger partial charge >= 0.3 is 0 Å². The Morgan fingerprint density at radius 1 is 1.50 bits per heavy atom. The molecule has 0 bridgehead atoms. The summed E-state index contributed by atoms with van der Waals surface area (Å²) < 4.78 is 0. The third-order valence-electron chi connectivity index (χ3n) is 2.33. The van der Waals surface area contributed by atoms with Crippen molar-refractivity contribution < 1.29 is 9.90 Å². The highest BCUT2D eigenvalue weighted by Crippen LogP contribution is 2.17. The van der Waals surface area contributed by atoms with Gasteiger partial charge in [-0.3, -0.25) is 4.79 Å². The van der Waals surface area contributed by atoms with Crippen LogP contribution in [0.2, 0.25) is 0 Å². The summed E-state index contributed by atoms with van der Waals surface area (Å²) in [5.74, 6) is 0.854. The number of aliphatic hydroxyl groups is 1. The van der Waals surface area contributed by atoms with Crippen LogP contribution in [-0.2, 0) is 11.2 Å². The second-order valence-corrected chi connectivity index (χ2v) is 3.50. The molecule has 3 N–H and O–H groups in total. The maximum Gasteiger partial charge on any atom is 0.211 e. The van der Waals surface area contributed by atoms with Crippen LogP contribution < -0.4 is 5.32 Å². The molecule has 0 fully saturated rings. The van der Waals surface area contributed by atoms with E-state index >= 15 is 0 Å². The number of aryl methyl sites for hydroxylation is 1. The minimum absolute atomic E-state index is 0.162. The van der Waals surface area contributed by atoms with Crippen molar-refractivity contribution in [2.45, 2.75) is 12.8 Å². The van der Waals surface area contributed by atoms with Crippen molar-refractivity contribution in [3.63, 3.8) is 0 Å². The molecule has 0 aliphatic heterocycles. The van der Waals surface area contributed by atoms with Crippen LogP contribution in [0.4, 0.5) is 5.69 Å². The summed E-state index contributed by atoms with van der Waals surface area (Å²) in [5, 5.41) is 11.3. The zero-order valence-electron chi connectivity index (χ0n) is 8.73. The number of nitrogens with zero attached hydrogens (tertiary/aromatic N) is 1. The zero-order chi connectivity index (χ0) is 11.4. The predicted octanol–water partition coefficient (Wildman–Crippen LogP) is 1.06. The first-order chi connectivity index (χ1) is 7.83. The summed E-state index contributed by atoms with van der Waals surface area (Å²) >= 11 is 0. The molecule has 1 heterocycles. The van der Waals surface area contributed by atoms with E-state index in [2.05, 4.69) is 15.3 Å². The van der Waals surface area contributed by atoms with Gasteiger partial charge in [0.1, 0.15) is 5.82 Å². The normalized spacial score (nSPS) is 10.6. The lowest BCUT2D eigenvalue weighted by atomic mass is 10.3. The number of aromatic nitrogens is 2. The molecule has 0 unspecified atom stereocenters. The Kier molecular flexibility index (Phi) is 3.16. The minimum Gasteiger partial charge on any atom is -0.396 e. The molecule has 2 aromatic rings. The van der Waals surface area contributed by atoms with Crippen LogP contribution in [0.25, 0.3) is 11.0 Å². The fourth-order valence-corrected chi connectivity index (χ4v) is 1.59. The lowest BCUT2D eigenvalue weighted by Gasteiger charge is -1.96. The number of carbonyl (C=O) groups excluding carboxylic acids is 1. The second-order valence-electron chi connectivity index (χ2n) is 3.50. The van der Waals surface area contributed by atoms with Gasteiger partial charge in [0, 0.05) is 18.7 Å². The summed E-state index contributed by atoms with van der Waals surface area (Å²) in [5.41, 5.74) is 2.49. The van der Waals surface area contributed by atoms with Gasteiger partial charge < -0.3 is 15.4 Å². The number of aromatic amines is 1. The van der Waals surface area contributed by atoms with Crippen molar-refractivity contribution in [3.05, 3.63) is 24.0 Å². The second kappa shape index (κ2) is 4.76. The van der Waals surface area contributed by atoms with Crippen LogP contribution in [0.1, 0.15) is 12.2 Å². The quantitative estimate of drug-likeness (QED) is 0.658. The van der Waals surface area contributed by atoms with E-state index < -0.39 is 0 Å². The van der Waals surface area contributed by atoms with E-state index in [4.69, 9.17) is 5.11 Å². The number of benzene rings is 1. The molecular formula is C11H13N3O2. The molecule has 1 amide bonds. The van der Waals surface area contributed by atoms with Gasteiger partial charge in [0.2, 0.25) is 6.41 Å². The number of carbonyl (C=O) groups is 1. The van der Waals surface area contributed by atoms with Crippen LogP contribution in [0, 0.1) is 0 Å².